The second kappa shape index (κ2) is 4.26. The van der Waals surface area contributed by atoms with Crippen molar-refractivity contribution in [2.75, 3.05) is 0 Å². The van der Waals surface area contributed by atoms with Crippen LogP contribution in [0, 0.1) is 28.1 Å². The molecule has 3 saturated carbocycles. The van der Waals surface area contributed by atoms with E-state index in [0.717, 1.165) is 6.42 Å². The molecule has 0 radical (unpaired) electrons. The highest BCUT2D eigenvalue weighted by Gasteiger charge is 2.75. The molecule has 2 bridgehead atoms. The third-order valence-corrected chi connectivity index (χ3v) is 7.78. The zero-order chi connectivity index (χ0) is 16.6. The van der Waals surface area contributed by atoms with Gasteiger partial charge in [0, 0.05) is 13.5 Å². The summed E-state index contributed by atoms with van der Waals surface area (Å²) in [4.78, 5) is 0. The van der Waals surface area contributed by atoms with Crippen molar-refractivity contribution >= 4 is 8.07 Å². The summed E-state index contributed by atoms with van der Waals surface area (Å²) >= 11 is 0. The summed E-state index contributed by atoms with van der Waals surface area (Å²) in [6.45, 7) is 25.6. The predicted octanol–water partition coefficient (Wildman–Crippen LogP) is 5.34. The summed E-state index contributed by atoms with van der Waals surface area (Å²) in [5, 5.41) is 11.5. The van der Waals surface area contributed by atoms with Gasteiger partial charge in [-0.2, -0.15) is 0 Å². The predicted molar refractivity (Wildman–Crippen MR) is 95.2 cm³/mol. The van der Waals surface area contributed by atoms with E-state index >= 15 is 0 Å². The van der Waals surface area contributed by atoms with Gasteiger partial charge in [0.15, 0.2) is 0 Å². The summed E-state index contributed by atoms with van der Waals surface area (Å²) in [7, 11) is -1.30. The molecule has 3 fully saturated rings. The third kappa shape index (κ3) is 2.28. The van der Waals surface area contributed by atoms with Gasteiger partial charge in [-0.1, -0.05) is 66.4 Å². The lowest BCUT2D eigenvalue weighted by molar-refractivity contribution is -0.242. The molecule has 0 aromatic carbocycles. The molecule has 122 valence electrons. The van der Waals surface area contributed by atoms with Gasteiger partial charge in [-0.05, 0) is 42.1 Å². The normalized spacial score (nSPS) is 42.7. The van der Waals surface area contributed by atoms with E-state index < -0.39 is 13.7 Å². The summed E-state index contributed by atoms with van der Waals surface area (Å²) in [5.74, 6) is 1.11. The second-order valence-corrected chi connectivity index (χ2v) is 16.5. The molecule has 0 aromatic rings. The van der Waals surface area contributed by atoms with E-state index in [1.807, 2.05) is 0 Å². The Hall–Kier alpha value is -0.0831. The Morgan fingerprint density at radius 3 is 2.00 bits per heavy atom. The van der Waals surface area contributed by atoms with Crippen LogP contribution in [-0.4, -0.2) is 18.8 Å². The number of aliphatic hydroxyl groups is 1. The van der Waals surface area contributed by atoms with E-state index in [0.29, 0.717) is 11.8 Å². The first-order valence-electron chi connectivity index (χ1n) is 8.48. The van der Waals surface area contributed by atoms with Crippen LogP contribution in [0.3, 0.4) is 0 Å². The molecule has 0 amide bonds. The van der Waals surface area contributed by atoms with Crippen LogP contribution in [0.1, 0.15) is 48.0 Å². The topological polar surface area (TPSA) is 20.2 Å². The first-order chi connectivity index (χ1) is 9.06. The lowest BCUT2D eigenvalue weighted by atomic mass is 9.31. The van der Waals surface area contributed by atoms with E-state index in [9.17, 15) is 5.11 Å². The summed E-state index contributed by atoms with van der Waals surface area (Å²) in [5.41, 5.74) is 1.04. The molecule has 21 heavy (non-hydrogen) atoms. The van der Waals surface area contributed by atoms with Gasteiger partial charge in [0.1, 0.15) is 0 Å². The zero-order valence-electron chi connectivity index (χ0n) is 15.7. The van der Waals surface area contributed by atoms with Gasteiger partial charge in [0.2, 0.25) is 0 Å². The smallest absolute Gasteiger partial charge is 0.0718 e. The third-order valence-electron chi connectivity index (χ3n) is 6.16. The Labute approximate surface area is 133 Å². The van der Waals surface area contributed by atoms with Gasteiger partial charge in [-0.3, -0.25) is 0 Å². The SMILES string of the molecule is C=C1[C@@H]2[C@H](C(C)(C)C)[C@@]1(C[Si](C)(C)C)[C@@](C)(O)CC2(C)C. The van der Waals surface area contributed by atoms with Crippen LogP contribution >= 0.6 is 0 Å². The van der Waals surface area contributed by atoms with Crippen molar-refractivity contribution in [1.29, 1.82) is 0 Å². The van der Waals surface area contributed by atoms with Crippen molar-refractivity contribution in [3.05, 3.63) is 12.2 Å². The second-order valence-electron chi connectivity index (χ2n) is 11.0. The van der Waals surface area contributed by atoms with E-state index in [2.05, 4.69) is 67.8 Å². The van der Waals surface area contributed by atoms with Gasteiger partial charge in [0.05, 0.1) is 5.60 Å². The number of hydrogen-bond acceptors (Lipinski definition) is 1. The number of hydrogen-bond donors (Lipinski definition) is 1. The summed E-state index contributed by atoms with van der Waals surface area (Å²) < 4.78 is 0. The Morgan fingerprint density at radius 2 is 1.67 bits per heavy atom. The average molecular weight is 309 g/mol. The zero-order valence-corrected chi connectivity index (χ0v) is 16.7. The number of fused-ring (bicyclic) bond motifs is 2. The van der Waals surface area contributed by atoms with Gasteiger partial charge in [-0.25, -0.2) is 0 Å². The molecule has 4 atom stereocenters. The molecule has 1 nitrogen and oxygen atoms in total. The van der Waals surface area contributed by atoms with Gasteiger partial charge < -0.3 is 5.11 Å². The van der Waals surface area contributed by atoms with Crippen molar-refractivity contribution in [2.45, 2.75) is 79.2 Å². The van der Waals surface area contributed by atoms with Crippen molar-refractivity contribution in [1.82, 2.24) is 0 Å². The minimum Gasteiger partial charge on any atom is -0.389 e. The molecule has 3 aliphatic rings. The Bertz CT molecular complexity index is 461. The molecule has 0 unspecified atom stereocenters. The summed E-state index contributed by atoms with van der Waals surface area (Å²) in [6, 6.07) is 1.17. The maximum atomic E-state index is 11.5. The molecule has 0 spiro atoms. The molecule has 0 heterocycles. The first-order valence-corrected chi connectivity index (χ1v) is 12.2. The van der Waals surface area contributed by atoms with E-state index in [1.54, 1.807) is 0 Å². The van der Waals surface area contributed by atoms with E-state index in [4.69, 9.17) is 0 Å². The molecular weight excluding hydrogens is 272 g/mol. The molecule has 2 heteroatoms. The van der Waals surface area contributed by atoms with Crippen LogP contribution in [0.2, 0.25) is 25.7 Å². The highest BCUT2D eigenvalue weighted by Crippen LogP contribution is 2.77. The van der Waals surface area contributed by atoms with Gasteiger partial charge >= 0.3 is 0 Å². The lowest BCUT2D eigenvalue weighted by Crippen LogP contribution is -2.74. The van der Waals surface area contributed by atoms with E-state index in [-0.39, 0.29) is 16.2 Å². The number of rotatable bonds is 2. The summed E-state index contributed by atoms with van der Waals surface area (Å²) in [6.07, 6.45) is 0.904. The first kappa shape index (κ1) is 17.3. The molecule has 0 saturated heterocycles. The van der Waals surface area contributed by atoms with Crippen molar-refractivity contribution in [3.8, 4) is 0 Å². The fourth-order valence-electron chi connectivity index (χ4n) is 6.11. The van der Waals surface area contributed by atoms with Crippen LogP contribution in [0.4, 0.5) is 0 Å². The molecule has 0 aliphatic heterocycles. The van der Waals surface area contributed by atoms with Gasteiger partial charge in [-0.15, -0.1) is 0 Å². The van der Waals surface area contributed by atoms with E-state index in [1.165, 1.54) is 11.6 Å². The minimum absolute atomic E-state index is 0.0596. The fraction of sp³-hybridized carbons (Fsp3) is 0.895. The maximum absolute atomic E-state index is 11.5. The Morgan fingerprint density at radius 1 is 1.19 bits per heavy atom. The largest absolute Gasteiger partial charge is 0.389 e. The van der Waals surface area contributed by atoms with Crippen molar-refractivity contribution < 1.29 is 5.11 Å². The monoisotopic (exact) mass is 308 g/mol. The molecule has 0 aromatic heterocycles. The highest BCUT2D eigenvalue weighted by atomic mass is 28.3. The molecule has 1 N–H and O–H groups in total. The Balaban J connectivity index is 2.61. The minimum atomic E-state index is -1.30. The van der Waals surface area contributed by atoms with Crippen molar-refractivity contribution in [2.24, 2.45) is 28.1 Å². The standard InChI is InChI=1S/C19H36OSi/c1-13-14-15(16(2,3)4)19(13,12-21(8,9)10)18(7,20)11-17(14,5)6/h14-15,20H,1,11-12H2,2-10H3/t14-,15-,18+,19+/m1/s1. The van der Waals surface area contributed by atoms with Crippen LogP contribution in [0.15, 0.2) is 12.2 Å². The highest BCUT2D eigenvalue weighted by molar-refractivity contribution is 6.76. The molecular formula is C19H36OSi. The Kier molecular flexibility index (Phi) is 3.50. The average Bonchev–Trinajstić information content (AvgIpc) is 2.14. The molecule has 3 aliphatic carbocycles. The van der Waals surface area contributed by atoms with Crippen molar-refractivity contribution in [3.63, 3.8) is 0 Å². The van der Waals surface area contributed by atoms with Crippen LogP contribution in [0.5, 0.6) is 0 Å². The quantitative estimate of drug-likeness (QED) is 0.539. The van der Waals surface area contributed by atoms with Gasteiger partial charge in [0.25, 0.3) is 0 Å². The van der Waals surface area contributed by atoms with Crippen LogP contribution in [0.25, 0.3) is 0 Å². The lowest BCUT2D eigenvalue weighted by Gasteiger charge is -2.76. The van der Waals surface area contributed by atoms with Crippen LogP contribution < -0.4 is 0 Å². The molecule has 3 rings (SSSR count). The van der Waals surface area contributed by atoms with Crippen LogP contribution in [-0.2, 0) is 0 Å². The fourth-order valence-corrected chi connectivity index (χ4v) is 8.62. The maximum Gasteiger partial charge on any atom is 0.0718 e.